The Kier molecular flexibility index (Phi) is 8.48. The van der Waals surface area contributed by atoms with Crippen LogP contribution in [-0.4, -0.2) is 28.7 Å². The van der Waals surface area contributed by atoms with Crippen LogP contribution in [0, 0.1) is 5.92 Å². The summed E-state index contributed by atoms with van der Waals surface area (Å²) in [7, 11) is -3.70. The molecule has 3 N–H and O–H groups in total. The smallest absolute Gasteiger partial charge is 0.322 e. The topological polar surface area (TPSA) is 89.6 Å². The second kappa shape index (κ2) is 11.1. The van der Waals surface area contributed by atoms with E-state index in [-0.39, 0.29) is 18.7 Å². The first-order valence-electron chi connectivity index (χ1n) is 11.2. The molecule has 6 heteroatoms. The Hall–Kier alpha value is -1.94. The third kappa shape index (κ3) is 6.06. The number of esters is 1. The Balaban J connectivity index is 1.80. The van der Waals surface area contributed by atoms with Gasteiger partial charge < -0.3 is 15.4 Å². The van der Waals surface area contributed by atoms with Crippen LogP contribution in [0.1, 0.15) is 49.7 Å². The molecule has 0 aromatic heterocycles. The van der Waals surface area contributed by atoms with Crippen molar-refractivity contribution in [2.45, 2.75) is 56.7 Å². The van der Waals surface area contributed by atoms with E-state index in [2.05, 4.69) is 12.1 Å². The quantitative estimate of drug-likeness (QED) is 0.309. The summed E-state index contributed by atoms with van der Waals surface area (Å²) in [6.07, 6.45) is 4.77. The lowest BCUT2D eigenvalue weighted by Gasteiger charge is -2.42. The van der Waals surface area contributed by atoms with E-state index in [1.165, 1.54) is 5.56 Å². The molecule has 1 fully saturated rings. The Morgan fingerprint density at radius 2 is 1.68 bits per heavy atom. The van der Waals surface area contributed by atoms with Crippen molar-refractivity contribution in [2.24, 2.45) is 11.7 Å². The molecule has 3 atom stereocenters. The summed E-state index contributed by atoms with van der Waals surface area (Å²) < 4.78 is 19.1. The minimum atomic E-state index is -3.70. The van der Waals surface area contributed by atoms with Crippen molar-refractivity contribution in [2.75, 3.05) is 12.7 Å². The highest BCUT2D eigenvalue weighted by Crippen LogP contribution is 2.64. The minimum absolute atomic E-state index is 0.119. The SMILES string of the molecule is NCCCCCC1(C(=O)OCc2ccccc2)CC(Cc2ccccc2)CCP1(=O)O. The van der Waals surface area contributed by atoms with Gasteiger partial charge in [-0.1, -0.05) is 73.5 Å². The van der Waals surface area contributed by atoms with E-state index >= 15 is 0 Å². The summed E-state index contributed by atoms with van der Waals surface area (Å²) in [5.41, 5.74) is 7.68. The van der Waals surface area contributed by atoms with E-state index < -0.39 is 18.5 Å². The summed E-state index contributed by atoms with van der Waals surface area (Å²) in [4.78, 5) is 24.4. The van der Waals surface area contributed by atoms with Crippen molar-refractivity contribution in [3.05, 3.63) is 71.8 Å². The average Bonchev–Trinajstić information content (AvgIpc) is 2.78. The second-order valence-corrected chi connectivity index (χ2v) is 11.4. The molecule has 1 aliphatic heterocycles. The van der Waals surface area contributed by atoms with Gasteiger partial charge in [0.2, 0.25) is 7.37 Å². The normalized spacial score (nSPS) is 25.8. The van der Waals surface area contributed by atoms with E-state index in [1.807, 2.05) is 48.5 Å². The summed E-state index contributed by atoms with van der Waals surface area (Å²) >= 11 is 0. The van der Waals surface area contributed by atoms with Crippen LogP contribution in [0.5, 0.6) is 0 Å². The molecule has 0 aliphatic carbocycles. The number of carbonyl (C=O) groups is 1. The molecule has 168 valence electrons. The molecule has 0 bridgehead atoms. The zero-order valence-electron chi connectivity index (χ0n) is 18.1. The highest BCUT2D eigenvalue weighted by Gasteiger charge is 2.57. The molecule has 0 radical (unpaired) electrons. The summed E-state index contributed by atoms with van der Waals surface area (Å²) in [5.74, 6) is -0.344. The zero-order valence-corrected chi connectivity index (χ0v) is 19.0. The highest BCUT2D eigenvalue weighted by atomic mass is 31.2. The molecule has 0 amide bonds. The van der Waals surface area contributed by atoms with E-state index in [4.69, 9.17) is 10.5 Å². The summed E-state index contributed by atoms with van der Waals surface area (Å²) in [6, 6.07) is 19.6. The van der Waals surface area contributed by atoms with Crippen molar-refractivity contribution in [3.8, 4) is 0 Å². The maximum absolute atomic E-state index is 13.4. The number of ether oxygens (including phenoxy) is 1. The van der Waals surface area contributed by atoms with Crippen LogP contribution in [-0.2, 0) is 27.1 Å². The molecular formula is C25H34NO4P. The Morgan fingerprint density at radius 1 is 1.03 bits per heavy atom. The van der Waals surface area contributed by atoms with Gasteiger partial charge in [0.15, 0.2) is 0 Å². The van der Waals surface area contributed by atoms with Gasteiger partial charge in [-0.2, -0.15) is 0 Å². The molecule has 1 saturated heterocycles. The van der Waals surface area contributed by atoms with Crippen LogP contribution in [0.3, 0.4) is 0 Å². The van der Waals surface area contributed by atoms with Crippen LogP contribution >= 0.6 is 7.37 Å². The van der Waals surface area contributed by atoms with Crippen LogP contribution < -0.4 is 5.73 Å². The maximum Gasteiger partial charge on any atom is 0.322 e. The third-order valence-corrected chi connectivity index (χ3v) is 9.18. The van der Waals surface area contributed by atoms with Gasteiger partial charge in [0.05, 0.1) is 0 Å². The van der Waals surface area contributed by atoms with Gasteiger partial charge >= 0.3 is 5.97 Å². The number of hydrogen-bond acceptors (Lipinski definition) is 4. The number of carbonyl (C=O) groups excluding carboxylic acids is 1. The molecule has 0 saturated carbocycles. The van der Waals surface area contributed by atoms with Crippen LogP contribution in [0.15, 0.2) is 60.7 Å². The molecule has 0 spiro atoms. The highest BCUT2D eigenvalue weighted by molar-refractivity contribution is 7.60. The standard InChI is InChI=1S/C25H34NO4P/c26-16-9-3-8-15-25(24(27)30-20-22-12-6-2-7-13-22)19-23(14-17-31(25,28)29)18-21-10-4-1-5-11-21/h1-2,4-7,10-13,23H,3,8-9,14-20,26H2,(H,28,29). The third-order valence-electron chi connectivity index (χ3n) is 6.39. The minimum Gasteiger partial charge on any atom is -0.460 e. The van der Waals surface area contributed by atoms with Gasteiger partial charge in [0, 0.05) is 6.16 Å². The molecule has 31 heavy (non-hydrogen) atoms. The van der Waals surface area contributed by atoms with Crippen molar-refractivity contribution < 1.29 is 19.0 Å². The lowest BCUT2D eigenvalue weighted by molar-refractivity contribution is -0.149. The molecule has 1 aliphatic rings. The number of unbranched alkanes of at least 4 members (excludes halogenated alkanes) is 2. The lowest BCUT2D eigenvalue weighted by Crippen LogP contribution is -2.45. The first-order chi connectivity index (χ1) is 15.0. The van der Waals surface area contributed by atoms with Crippen molar-refractivity contribution in [1.29, 1.82) is 0 Å². The average molecular weight is 444 g/mol. The van der Waals surface area contributed by atoms with E-state index in [0.29, 0.717) is 32.2 Å². The predicted octanol–water partition coefficient (Wildman–Crippen LogP) is 4.91. The number of benzene rings is 2. The molecule has 5 nitrogen and oxygen atoms in total. The largest absolute Gasteiger partial charge is 0.460 e. The van der Waals surface area contributed by atoms with Gasteiger partial charge in [-0.25, -0.2) is 0 Å². The fourth-order valence-electron chi connectivity index (χ4n) is 4.62. The molecule has 2 aromatic rings. The predicted molar refractivity (Wildman–Crippen MR) is 124 cm³/mol. The Labute approximate surface area is 185 Å². The van der Waals surface area contributed by atoms with E-state index in [1.54, 1.807) is 0 Å². The number of hydrogen-bond donors (Lipinski definition) is 2. The van der Waals surface area contributed by atoms with E-state index in [0.717, 1.165) is 24.8 Å². The van der Waals surface area contributed by atoms with Crippen LogP contribution in [0.4, 0.5) is 0 Å². The van der Waals surface area contributed by atoms with Gasteiger partial charge in [-0.3, -0.25) is 9.36 Å². The summed E-state index contributed by atoms with van der Waals surface area (Å²) in [6.45, 7) is 0.701. The monoisotopic (exact) mass is 443 g/mol. The van der Waals surface area contributed by atoms with Crippen LogP contribution in [0.25, 0.3) is 0 Å². The first-order valence-corrected chi connectivity index (χ1v) is 13.1. The van der Waals surface area contributed by atoms with Gasteiger partial charge in [-0.05, 0) is 55.7 Å². The maximum atomic E-state index is 13.4. The van der Waals surface area contributed by atoms with Crippen LogP contribution in [0.2, 0.25) is 0 Å². The molecule has 1 heterocycles. The van der Waals surface area contributed by atoms with Gasteiger partial charge in [0.1, 0.15) is 11.8 Å². The molecule has 2 aromatic carbocycles. The lowest BCUT2D eigenvalue weighted by atomic mass is 9.83. The van der Waals surface area contributed by atoms with E-state index in [9.17, 15) is 14.3 Å². The number of nitrogens with two attached hydrogens (primary N) is 1. The zero-order chi connectivity index (χ0) is 22.2. The van der Waals surface area contributed by atoms with Gasteiger partial charge in [-0.15, -0.1) is 0 Å². The second-order valence-electron chi connectivity index (χ2n) is 8.67. The fraction of sp³-hybridized carbons (Fsp3) is 0.480. The molecule has 3 rings (SSSR count). The Morgan fingerprint density at radius 3 is 2.32 bits per heavy atom. The van der Waals surface area contributed by atoms with Crippen molar-refractivity contribution >= 4 is 13.3 Å². The van der Waals surface area contributed by atoms with Crippen molar-refractivity contribution in [3.63, 3.8) is 0 Å². The van der Waals surface area contributed by atoms with Crippen molar-refractivity contribution in [1.82, 2.24) is 0 Å². The fourth-order valence-corrected chi connectivity index (χ4v) is 7.16. The first kappa shape index (κ1) is 23.7. The molecular weight excluding hydrogens is 409 g/mol. The van der Waals surface area contributed by atoms with Gasteiger partial charge in [0.25, 0.3) is 0 Å². The molecule has 3 unspecified atom stereocenters. The number of rotatable bonds is 10. The summed E-state index contributed by atoms with van der Waals surface area (Å²) in [5, 5.41) is -1.33. The Bertz CT molecular complexity index is 874.